The Morgan fingerprint density at radius 1 is 1.00 bits per heavy atom. The monoisotopic (exact) mass is 266 g/mol. The first-order valence-corrected chi connectivity index (χ1v) is 6.73. The first kappa shape index (κ1) is 15.5. The van der Waals surface area contributed by atoms with E-state index in [4.69, 9.17) is 0 Å². The van der Waals surface area contributed by atoms with Crippen LogP contribution < -0.4 is 15.1 Å². The van der Waals surface area contributed by atoms with Crippen molar-refractivity contribution < 1.29 is 0 Å². The van der Waals surface area contributed by atoms with Crippen LogP contribution in [-0.4, -0.2) is 48.7 Å². The fourth-order valence-electron chi connectivity index (χ4n) is 1.71. The fourth-order valence-corrected chi connectivity index (χ4v) is 1.71. The standard InChI is InChI=1S/C13H26N6/c1-9(2)8-19(10(3)4)13-16-11(14-5)15-12(17-13)18(6)7/h9-10H,8H2,1-7H3,(H,14,15,16,17). The summed E-state index contributed by atoms with van der Waals surface area (Å²) in [5, 5.41) is 2.99. The van der Waals surface area contributed by atoms with Crippen molar-refractivity contribution in [2.24, 2.45) is 5.92 Å². The molecule has 0 radical (unpaired) electrons. The molecule has 0 unspecified atom stereocenters. The highest BCUT2D eigenvalue weighted by atomic mass is 15.4. The van der Waals surface area contributed by atoms with Gasteiger partial charge in [0.15, 0.2) is 0 Å². The Bertz CT molecular complexity index is 402. The van der Waals surface area contributed by atoms with Gasteiger partial charge in [-0.15, -0.1) is 0 Å². The predicted octanol–water partition coefficient (Wildman–Crippen LogP) is 1.85. The molecule has 6 nitrogen and oxygen atoms in total. The van der Waals surface area contributed by atoms with Crippen LogP contribution in [-0.2, 0) is 0 Å². The quantitative estimate of drug-likeness (QED) is 0.848. The van der Waals surface area contributed by atoms with E-state index in [-0.39, 0.29) is 0 Å². The Morgan fingerprint density at radius 3 is 2.00 bits per heavy atom. The Morgan fingerprint density at radius 2 is 1.58 bits per heavy atom. The average molecular weight is 266 g/mol. The van der Waals surface area contributed by atoms with Crippen molar-refractivity contribution >= 4 is 17.8 Å². The second kappa shape index (κ2) is 6.54. The molecule has 1 aromatic heterocycles. The largest absolute Gasteiger partial charge is 0.357 e. The van der Waals surface area contributed by atoms with Gasteiger partial charge in [0.1, 0.15) is 0 Å². The number of anilines is 3. The number of nitrogens with zero attached hydrogens (tertiary/aromatic N) is 5. The van der Waals surface area contributed by atoms with E-state index in [9.17, 15) is 0 Å². The summed E-state index contributed by atoms with van der Waals surface area (Å²) in [4.78, 5) is 17.5. The number of rotatable bonds is 6. The average Bonchev–Trinajstić information content (AvgIpc) is 2.34. The SMILES string of the molecule is CNc1nc(N(C)C)nc(N(CC(C)C)C(C)C)n1. The molecule has 0 aromatic carbocycles. The fraction of sp³-hybridized carbons (Fsp3) is 0.769. The first-order valence-electron chi connectivity index (χ1n) is 6.73. The second-order valence-electron chi connectivity index (χ2n) is 5.54. The van der Waals surface area contributed by atoms with Crippen LogP contribution in [0.25, 0.3) is 0 Å². The van der Waals surface area contributed by atoms with Crippen LogP contribution in [0, 0.1) is 5.92 Å². The van der Waals surface area contributed by atoms with Gasteiger partial charge in [-0.1, -0.05) is 13.8 Å². The molecule has 1 heterocycles. The smallest absolute Gasteiger partial charge is 0.232 e. The predicted molar refractivity (Wildman–Crippen MR) is 81.0 cm³/mol. The van der Waals surface area contributed by atoms with Gasteiger partial charge in [-0.05, 0) is 19.8 Å². The zero-order valence-corrected chi connectivity index (χ0v) is 13.1. The molecule has 0 atom stereocenters. The first-order chi connectivity index (χ1) is 8.85. The summed E-state index contributed by atoms with van der Waals surface area (Å²) in [6, 6.07) is 0.351. The van der Waals surface area contributed by atoms with Gasteiger partial charge < -0.3 is 15.1 Å². The number of hydrogen-bond acceptors (Lipinski definition) is 6. The van der Waals surface area contributed by atoms with Gasteiger partial charge in [0.2, 0.25) is 17.8 Å². The van der Waals surface area contributed by atoms with Crippen LogP contribution in [0.2, 0.25) is 0 Å². The molecule has 1 rings (SSSR count). The summed E-state index contributed by atoms with van der Waals surface area (Å²) in [7, 11) is 5.68. The van der Waals surface area contributed by atoms with Gasteiger partial charge in [-0.25, -0.2) is 0 Å². The molecule has 0 fully saturated rings. The van der Waals surface area contributed by atoms with Crippen molar-refractivity contribution in [3.63, 3.8) is 0 Å². The molecule has 0 saturated carbocycles. The maximum absolute atomic E-state index is 4.55. The van der Waals surface area contributed by atoms with Crippen molar-refractivity contribution in [2.45, 2.75) is 33.7 Å². The molecule has 0 aliphatic carbocycles. The van der Waals surface area contributed by atoms with E-state index in [2.05, 4.69) is 52.9 Å². The second-order valence-corrected chi connectivity index (χ2v) is 5.54. The van der Waals surface area contributed by atoms with Gasteiger partial charge in [0, 0.05) is 33.7 Å². The van der Waals surface area contributed by atoms with Crippen LogP contribution in [0.1, 0.15) is 27.7 Å². The molecule has 0 aliphatic rings. The maximum atomic E-state index is 4.55. The lowest BCUT2D eigenvalue weighted by Gasteiger charge is -2.29. The zero-order chi connectivity index (χ0) is 14.6. The Hall–Kier alpha value is -1.59. The third-order valence-electron chi connectivity index (χ3n) is 2.68. The van der Waals surface area contributed by atoms with Crippen LogP contribution in [0.4, 0.5) is 17.8 Å². The summed E-state index contributed by atoms with van der Waals surface area (Å²) >= 11 is 0. The molecule has 0 saturated heterocycles. The van der Waals surface area contributed by atoms with Gasteiger partial charge in [-0.2, -0.15) is 15.0 Å². The van der Waals surface area contributed by atoms with Crippen molar-refractivity contribution in [2.75, 3.05) is 42.8 Å². The highest BCUT2D eigenvalue weighted by Gasteiger charge is 2.17. The molecule has 1 N–H and O–H groups in total. The lowest BCUT2D eigenvalue weighted by molar-refractivity contribution is 0.559. The van der Waals surface area contributed by atoms with Crippen LogP contribution in [0.3, 0.4) is 0 Å². The van der Waals surface area contributed by atoms with Gasteiger partial charge in [0.05, 0.1) is 0 Å². The Kier molecular flexibility index (Phi) is 5.32. The molecule has 19 heavy (non-hydrogen) atoms. The summed E-state index contributed by atoms with van der Waals surface area (Å²) in [5.74, 6) is 2.55. The molecule has 6 heteroatoms. The number of aromatic nitrogens is 3. The Labute approximate surface area is 116 Å². The van der Waals surface area contributed by atoms with E-state index in [1.54, 1.807) is 0 Å². The molecule has 0 spiro atoms. The van der Waals surface area contributed by atoms with E-state index < -0.39 is 0 Å². The minimum absolute atomic E-state index is 0.351. The maximum Gasteiger partial charge on any atom is 0.232 e. The van der Waals surface area contributed by atoms with Crippen molar-refractivity contribution in [1.29, 1.82) is 0 Å². The lowest BCUT2D eigenvalue weighted by atomic mass is 10.2. The molecule has 0 bridgehead atoms. The minimum Gasteiger partial charge on any atom is -0.357 e. The van der Waals surface area contributed by atoms with Crippen LogP contribution >= 0.6 is 0 Å². The highest BCUT2D eigenvalue weighted by molar-refractivity contribution is 5.44. The van der Waals surface area contributed by atoms with Gasteiger partial charge in [0.25, 0.3) is 0 Å². The molecule has 108 valence electrons. The third kappa shape index (κ3) is 4.22. The Balaban J connectivity index is 3.17. The lowest BCUT2D eigenvalue weighted by Crippen LogP contribution is -2.36. The van der Waals surface area contributed by atoms with E-state index in [1.165, 1.54) is 0 Å². The van der Waals surface area contributed by atoms with Crippen LogP contribution in [0.15, 0.2) is 0 Å². The minimum atomic E-state index is 0.351. The summed E-state index contributed by atoms with van der Waals surface area (Å²) < 4.78 is 0. The van der Waals surface area contributed by atoms with E-state index in [1.807, 2.05) is 26.0 Å². The molecule has 0 amide bonds. The molecule has 1 aromatic rings. The van der Waals surface area contributed by atoms with Crippen molar-refractivity contribution in [3.05, 3.63) is 0 Å². The summed E-state index contributed by atoms with van der Waals surface area (Å²) in [5.41, 5.74) is 0. The number of nitrogens with one attached hydrogen (secondary N) is 1. The van der Waals surface area contributed by atoms with Gasteiger partial charge in [-0.3, -0.25) is 0 Å². The summed E-state index contributed by atoms with van der Waals surface area (Å²) in [6.45, 7) is 9.63. The molecular weight excluding hydrogens is 240 g/mol. The van der Waals surface area contributed by atoms with Crippen molar-refractivity contribution in [3.8, 4) is 0 Å². The van der Waals surface area contributed by atoms with Crippen molar-refractivity contribution in [1.82, 2.24) is 15.0 Å². The number of hydrogen-bond donors (Lipinski definition) is 1. The van der Waals surface area contributed by atoms with E-state index in [0.29, 0.717) is 23.9 Å². The zero-order valence-electron chi connectivity index (χ0n) is 13.1. The van der Waals surface area contributed by atoms with E-state index in [0.717, 1.165) is 12.5 Å². The van der Waals surface area contributed by atoms with Gasteiger partial charge >= 0.3 is 0 Å². The normalized spacial score (nSPS) is 11.0. The molecule has 0 aliphatic heterocycles. The highest BCUT2D eigenvalue weighted by Crippen LogP contribution is 2.18. The third-order valence-corrected chi connectivity index (χ3v) is 2.68. The topological polar surface area (TPSA) is 57.2 Å². The summed E-state index contributed by atoms with van der Waals surface area (Å²) in [6.07, 6.45) is 0. The van der Waals surface area contributed by atoms with Crippen LogP contribution in [0.5, 0.6) is 0 Å². The molecular formula is C13H26N6. The van der Waals surface area contributed by atoms with E-state index >= 15 is 0 Å².